The molecule has 1 aromatic heterocycles. The van der Waals surface area contributed by atoms with E-state index in [1.807, 2.05) is 37.3 Å². The summed E-state index contributed by atoms with van der Waals surface area (Å²) in [6, 6.07) is 9.66. The fourth-order valence-electron chi connectivity index (χ4n) is 1.81. The van der Waals surface area contributed by atoms with Crippen molar-refractivity contribution in [3.63, 3.8) is 0 Å². The molecule has 0 bridgehead atoms. The summed E-state index contributed by atoms with van der Waals surface area (Å²) in [6.45, 7) is 2.34. The van der Waals surface area contributed by atoms with E-state index in [9.17, 15) is 4.79 Å². The van der Waals surface area contributed by atoms with Gasteiger partial charge in [0.05, 0.1) is 6.04 Å². The Hall–Kier alpha value is -2.21. The second-order valence-electron chi connectivity index (χ2n) is 4.45. The van der Waals surface area contributed by atoms with Crippen LogP contribution in [0.25, 0.3) is 0 Å². The Balaban J connectivity index is 1.92. The van der Waals surface area contributed by atoms with Crippen LogP contribution >= 0.6 is 0 Å². The average molecular weight is 274 g/mol. The van der Waals surface area contributed by atoms with Gasteiger partial charge < -0.3 is 15.6 Å². The van der Waals surface area contributed by atoms with Gasteiger partial charge in [-0.25, -0.2) is 0 Å². The second-order valence-corrected chi connectivity index (χ2v) is 4.45. The molecule has 0 spiro atoms. The average Bonchev–Trinajstić information content (AvgIpc) is 2.96. The predicted molar refractivity (Wildman–Crippen MR) is 74.0 cm³/mol. The van der Waals surface area contributed by atoms with Gasteiger partial charge in [0.2, 0.25) is 5.89 Å². The monoisotopic (exact) mass is 274 g/mol. The van der Waals surface area contributed by atoms with Gasteiger partial charge in [-0.05, 0) is 25.3 Å². The molecular weight excluding hydrogens is 256 g/mol. The Morgan fingerprint density at radius 3 is 2.85 bits per heavy atom. The van der Waals surface area contributed by atoms with E-state index >= 15 is 0 Å². The first-order valence-electron chi connectivity index (χ1n) is 6.62. The van der Waals surface area contributed by atoms with E-state index in [1.54, 1.807) is 0 Å². The van der Waals surface area contributed by atoms with Crippen molar-refractivity contribution in [2.45, 2.75) is 25.8 Å². The highest BCUT2D eigenvalue weighted by molar-refractivity contribution is 5.90. The molecule has 0 saturated carbocycles. The summed E-state index contributed by atoms with van der Waals surface area (Å²) in [7, 11) is 0. The number of nitrogens with zero attached hydrogens (tertiary/aromatic N) is 2. The number of rotatable bonds is 6. The van der Waals surface area contributed by atoms with Crippen LogP contribution in [0.4, 0.5) is 0 Å². The summed E-state index contributed by atoms with van der Waals surface area (Å²) in [4.78, 5) is 15.5. The largest absolute Gasteiger partial charge is 0.349 e. The number of carbonyl (C=O) groups is 1. The molecule has 1 aromatic carbocycles. The van der Waals surface area contributed by atoms with Crippen LogP contribution in [0.15, 0.2) is 34.9 Å². The quantitative estimate of drug-likeness (QED) is 0.831. The number of amides is 1. The molecule has 0 aliphatic rings. The van der Waals surface area contributed by atoms with E-state index < -0.39 is 0 Å². The molecule has 0 aliphatic carbocycles. The Morgan fingerprint density at radius 2 is 2.15 bits per heavy atom. The minimum atomic E-state index is -0.370. The fourth-order valence-corrected chi connectivity index (χ4v) is 1.81. The van der Waals surface area contributed by atoms with Gasteiger partial charge >= 0.3 is 0 Å². The van der Waals surface area contributed by atoms with Crippen molar-refractivity contribution in [1.29, 1.82) is 0 Å². The van der Waals surface area contributed by atoms with Gasteiger partial charge in [0, 0.05) is 6.54 Å². The van der Waals surface area contributed by atoms with Gasteiger partial charge in [0.1, 0.15) is 0 Å². The predicted octanol–water partition coefficient (Wildman–Crippen LogP) is 1.45. The summed E-state index contributed by atoms with van der Waals surface area (Å²) in [5, 5.41) is 6.24. The van der Waals surface area contributed by atoms with E-state index in [4.69, 9.17) is 10.3 Å². The van der Waals surface area contributed by atoms with Gasteiger partial charge in [-0.15, -0.1) is 0 Å². The smallest absolute Gasteiger partial charge is 0.292 e. The SMILES string of the molecule is CCNC(=O)c1noc(C(N)CCc2ccccc2)n1. The molecule has 0 radical (unpaired) electrons. The number of nitrogens with one attached hydrogen (secondary N) is 1. The highest BCUT2D eigenvalue weighted by Crippen LogP contribution is 2.15. The van der Waals surface area contributed by atoms with Crippen LogP contribution < -0.4 is 11.1 Å². The summed E-state index contributed by atoms with van der Waals surface area (Å²) in [5.74, 6) is -0.0306. The van der Waals surface area contributed by atoms with E-state index in [2.05, 4.69) is 15.5 Å². The molecule has 6 nitrogen and oxygen atoms in total. The molecule has 1 unspecified atom stereocenters. The number of hydrogen-bond acceptors (Lipinski definition) is 5. The Bertz CT molecular complexity index is 553. The molecule has 2 rings (SSSR count). The third-order valence-corrected chi connectivity index (χ3v) is 2.89. The van der Waals surface area contributed by atoms with Crippen molar-refractivity contribution >= 4 is 5.91 Å². The number of nitrogens with two attached hydrogens (primary N) is 1. The first-order chi connectivity index (χ1) is 9.70. The highest BCUT2D eigenvalue weighted by atomic mass is 16.5. The van der Waals surface area contributed by atoms with Crippen LogP contribution in [0, 0.1) is 0 Å². The summed E-state index contributed by atoms with van der Waals surface area (Å²) in [5.41, 5.74) is 7.20. The van der Waals surface area contributed by atoms with Gasteiger partial charge in [-0.2, -0.15) is 4.98 Å². The zero-order chi connectivity index (χ0) is 14.4. The van der Waals surface area contributed by atoms with Gasteiger partial charge in [-0.1, -0.05) is 35.5 Å². The van der Waals surface area contributed by atoms with Gasteiger partial charge in [0.25, 0.3) is 11.7 Å². The van der Waals surface area contributed by atoms with Crippen LogP contribution in [0.5, 0.6) is 0 Å². The lowest BCUT2D eigenvalue weighted by molar-refractivity contribution is 0.0942. The summed E-state index contributed by atoms with van der Waals surface area (Å²) >= 11 is 0. The molecule has 6 heteroatoms. The molecular formula is C14H18N4O2. The maximum Gasteiger partial charge on any atom is 0.292 e. The Kier molecular flexibility index (Phi) is 4.84. The fraction of sp³-hybridized carbons (Fsp3) is 0.357. The van der Waals surface area contributed by atoms with Crippen molar-refractivity contribution < 1.29 is 9.32 Å². The lowest BCUT2D eigenvalue weighted by atomic mass is 10.1. The molecule has 1 heterocycles. The third kappa shape index (κ3) is 3.64. The summed E-state index contributed by atoms with van der Waals surface area (Å²) < 4.78 is 5.04. The zero-order valence-corrected chi connectivity index (χ0v) is 11.4. The van der Waals surface area contributed by atoms with Crippen LogP contribution in [-0.4, -0.2) is 22.6 Å². The number of carbonyl (C=O) groups excluding carboxylic acids is 1. The van der Waals surface area contributed by atoms with Crippen molar-refractivity contribution in [3.05, 3.63) is 47.6 Å². The van der Waals surface area contributed by atoms with Crippen LogP contribution in [0.2, 0.25) is 0 Å². The lowest BCUT2D eigenvalue weighted by Crippen LogP contribution is -2.24. The van der Waals surface area contributed by atoms with Crippen molar-refractivity contribution in [1.82, 2.24) is 15.5 Å². The number of hydrogen-bond donors (Lipinski definition) is 2. The number of aryl methyl sites for hydroxylation is 1. The molecule has 2 aromatic rings. The maximum absolute atomic E-state index is 11.5. The molecule has 20 heavy (non-hydrogen) atoms. The van der Waals surface area contributed by atoms with E-state index in [-0.39, 0.29) is 17.8 Å². The van der Waals surface area contributed by atoms with Gasteiger partial charge in [0.15, 0.2) is 0 Å². The normalized spacial score (nSPS) is 12.1. The molecule has 1 amide bonds. The third-order valence-electron chi connectivity index (χ3n) is 2.89. The minimum Gasteiger partial charge on any atom is -0.349 e. The standard InChI is InChI=1S/C14H18N4O2/c1-2-16-13(19)12-17-14(20-18-12)11(15)9-8-10-6-4-3-5-7-10/h3-7,11H,2,8-9,15H2,1H3,(H,16,19). The molecule has 0 saturated heterocycles. The molecule has 106 valence electrons. The maximum atomic E-state index is 11.5. The van der Waals surface area contributed by atoms with Crippen LogP contribution in [0.1, 0.15) is 41.5 Å². The van der Waals surface area contributed by atoms with Crippen LogP contribution in [0.3, 0.4) is 0 Å². The zero-order valence-electron chi connectivity index (χ0n) is 11.4. The van der Waals surface area contributed by atoms with Crippen molar-refractivity contribution in [2.75, 3.05) is 6.54 Å². The van der Waals surface area contributed by atoms with E-state index in [0.717, 1.165) is 6.42 Å². The molecule has 3 N–H and O–H groups in total. The van der Waals surface area contributed by atoms with Crippen molar-refractivity contribution in [3.8, 4) is 0 Å². The number of aromatic nitrogens is 2. The first-order valence-corrected chi connectivity index (χ1v) is 6.62. The Morgan fingerprint density at radius 1 is 1.40 bits per heavy atom. The highest BCUT2D eigenvalue weighted by Gasteiger charge is 2.18. The van der Waals surface area contributed by atoms with Crippen molar-refractivity contribution in [2.24, 2.45) is 5.73 Å². The minimum absolute atomic E-state index is 0.0250. The number of benzene rings is 1. The first kappa shape index (κ1) is 14.2. The lowest BCUT2D eigenvalue weighted by Gasteiger charge is -2.06. The molecule has 0 fully saturated rings. The molecule has 0 aliphatic heterocycles. The van der Waals surface area contributed by atoms with Gasteiger partial charge in [-0.3, -0.25) is 4.79 Å². The second kappa shape index (κ2) is 6.81. The van der Waals surface area contributed by atoms with Crippen LogP contribution in [-0.2, 0) is 6.42 Å². The van der Waals surface area contributed by atoms with E-state index in [1.165, 1.54) is 5.56 Å². The topological polar surface area (TPSA) is 94.0 Å². The Labute approximate surface area is 117 Å². The summed E-state index contributed by atoms with van der Waals surface area (Å²) in [6.07, 6.45) is 1.50. The molecule has 1 atom stereocenters. The van der Waals surface area contributed by atoms with E-state index in [0.29, 0.717) is 18.9 Å².